The quantitative estimate of drug-likeness (QED) is 0.240. The Kier molecular flexibility index (Phi) is 11.9. The summed E-state index contributed by atoms with van der Waals surface area (Å²) in [5.41, 5.74) is 3.71. The zero-order chi connectivity index (χ0) is 22.8. The van der Waals surface area contributed by atoms with E-state index in [2.05, 4.69) is 54.5 Å². The van der Waals surface area contributed by atoms with Gasteiger partial charge in [0.1, 0.15) is 5.75 Å². The van der Waals surface area contributed by atoms with Gasteiger partial charge in [-0.15, -0.1) is 0 Å². The number of hydrogen-bond acceptors (Lipinski definition) is 3. The van der Waals surface area contributed by atoms with Crippen LogP contribution in [0, 0.1) is 0 Å². The van der Waals surface area contributed by atoms with Gasteiger partial charge in [-0.3, -0.25) is 0 Å². The Hall–Kier alpha value is -0.630. The van der Waals surface area contributed by atoms with Crippen molar-refractivity contribution in [2.45, 2.75) is 130 Å². The van der Waals surface area contributed by atoms with Gasteiger partial charge in [-0.2, -0.15) is 0 Å². The average molecular weight is 439 g/mol. The fourth-order valence-corrected chi connectivity index (χ4v) is 4.69. The van der Waals surface area contributed by atoms with Gasteiger partial charge in [-0.05, 0) is 40.9 Å². The second kappa shape index (κ2) is 13.0. The van der Waals surface area contributed by atoms with E-state index in [-0.39, 0.29) is 10.8 Å². The van der Waals surface area contributed by atoms with E-state index in [1.807, 2.05) is 6.07 Å². The van der Waals surface area contributed by atoms with Gasteiger partial charge in [-0.25, -0.2) is 0 Å². The molecular formula is C26H47O3P. The Morgan fingerprint density at radius 2 is 1.23 bits per heavy atom. The first-order valence-corrected chi connectivity index (χ1v) is 13.2. The van der Waals surface area contributed by atoms with E-state index in [1.165, 1.54) is 75.3 Å². The predicted octanol–water partition coefficient (Wildman–Crippen LogP) is 8.34. The zero-order valence-electron chi connectivity index (χ0n) is 20.7. The molecule has 0 saturated heterocycles. The van der Waals surface area contributed by atoms with Crippen LogP contribution in [0.25, 0.3) is 0 Å². The van der Waals surface area contributed by atoms with Gasteiger partial charge < -0.3 is 14.3 Å². The monoisotopic (exact) mass is 438 g/mol. The van der Waals surface area contributed by atoms with Crippen molar-refractivity contribution in [3.8, 4) is 5.75 Å². The van der Waals surface area contributed by atoms with Crippen molar-refractivity contribution < 1.29 is 14.3 Å². The van der Waals surface area contributed by atoms with Crippen LogP contribution in [0.2, 0.25) is 0 Å². The molecule has 0 amide bonds. The third-order valence-corrected chi connectivity index (χ3v) is 6.15. The molecule has 0 fully saturated rings. The molecule has 0 bridgehead atoms. The van der Waals surface area contributed by atoms with Crippen molar-refractivity contribution in [3.63, 3.8) is 0 Å². The Morgan fingerprint density at radius 3 is 1.67 bits per heavy atom. The molecule has 30 heavy (non-hydrogen) atoms. The lowest BCUT2D eigenvalue weighted by molar-refractivity contribution is 0.369. The van der Waals surface area contributed by atoms with E-state index < -0.39 is 8.60 Å². The fourth-order valence-electron chi connectivity index (χ4n) is 4.36. The molecule has 0 aliphatic heterocycles. The summed E-state index contributed by atoms with van der Waals surface area (Å²) in [5, 5.41) is 0. The van der Waals surface area contributed by atoms with Gasteiger partial charge in [0, 0.05) is 5.56 Å². The first-order chi connectivity index (χ1) is 14.0. The summed E-state index contributed by atoms with van der Waals surface area (Å²) in [6.07, 6.45) is 14.3. The molecule has 174 valence electrons. The van der Waals surface area contributed by atoms with Crippen molar-refractivity contribution in [2.75, 3.05) is 0 Å². The van der Waals surface area contributed by atoms with Crippen LogP contribution in [0.15, 0.2) is 12.1 Å². The molecule has 0 heterocycles. The molecule has 0 aromatic heterocycles. The lowest BCUT2D eigenvalue weighted by atomic mass is 9.74. The molecule has 0 spiro atoms. The number of rotatable bonds is 13. The minimum Gasteiger partial charge on any atom is -0.427 e. The van der Waals surface area contributed by atoms with E-state index in [1.54, 1.807) is 0 Å². The van der Waals surface area contributed by atoms with Crippen LogP contribution >= 0.6 is 8.60 Å². The maximum atomic E-state index is 9.48. The Labute approximate surface area is 187 Å². The van der Waals surface area contributed by atoms with E-state index in [9.17, 15) is 9.79 Å². The minimum atomic E-state index is -2.42. The zero-order valence-corrected chi connectivity index (χ0v) is 21.6. The number of unbranched alkanes of at least 4 members (excludes halogenated alkanes) is 9. The Balaban J connectivity index is 2.82. The average Bonchev–Trinajstić information content (AvgIpc) is 2.60. The summed E-state index contributed by atoms with van der Waals surface area (Å²) in [7, 11) is -2.42. The summed E-state index contributed by atoms with van der Waals surface area (Å²) in [6.45, 7) is 15.6. The molecule has 0 aliphatic carbocycles. The van der Waals surface area contributed by atoms with Crippen molar-refractivity contribution in [2.24, 2.45) is 0 Å². The fraction of sp³-hybridized carbons (Fsp3) is 0.769. The first kappa shape index (κ1) is 27.4. The minimum absolute atomic E-state index is 0.0372. The summed E-state index contributed by atoms with van der Waals surface area (Å²) in [4.78, 5) is 19.0. The maximum Gasteiger partial charge on any atom is 0.391 e. The molecule has 0 radical (unpaired) electrons. The van der Waals surface area contributed by atoms with Gasteiger partial charge in [0.15, 0.2) is 0 Å². The first-order valence-electron chi connectivity index (χ1n) is 12.0. The van der Waals surface area contributed by atoms with E-state index in [0.29, 0.717) is 5.75 Å². The molecule has 4 heteroatoms. The Bertz CT molecular complexity index is 612. The van der Waals surface area contributed by atoms with E-state index in [0.717, 1.165) is 12.0 Å². The summed E-state index contributed by atoms with van der Waals surface area (Å²) in [6, 6.07) is 4.04. The van der Waals surface area contributed by atoms with Gasteiger partial charge in [0.05, 0.1) is 0 Å². The third-order valence-electron chi connectivity index (χ3n) is 5.79. The molecule has 1 aromatic rings. The summed E-state index contributed by atoms with van der Waals surface area (Å²) < 4.78 is 5.46. The normalized spacial score (nSPS) is 12.6. The molecule has 0 unspecified atom stereocenters. The number of benzene rings is 1. The van der Waals surface area contributed by atoms with Crippen LogP contribution < -0.4 is 4.52 Å². The van der Waals surface area contributed by atoms with Crippen molar-refractivity contribution in [1.82, 2.24) is 0 Å². The Morgan fingerprint density at radius 1 is 0.733 bits per heavy atom. The SMILES string of the molecule is CCCCCCCCCCCCc1c(C(C)(C)C)ccc(OP(O)O)c1C(C)(C)C. The van der Waals surface area contributed by atoms with Crippen LogP contribution in [0.4, 0.5) is 0 Å². The van der Waals surface area contributed by atoms with Crippen LogP contribution in [-0.2, 0) is 17.3 Å². The molecule has 3 nitrogen and oxygen atoms in total. The topological polar surface area (TPSA) is 49.7 Å². The highest BCUT2D eigenvalue weighted by molar-refractivity contribution is 7.39. The molecule has 1 rings (SSSR count). The maximum absolute atomic E-state index is 9.48. The highest BCUT2D eigenvalue weighted by Gasteiger charge is 2.29. The van der Waals surface area contributed by atoms with Gasteiger partial charge in [-0.1, -0.05) is 112 Å². The van der Waals surface area contributed by atoms with Gasteiger partial charge in [0.25, 0.3) is 0 Å². The molecule has 0 saturated carbocycles. The van der Waals surface area contributed by atoms with E-state index >= 15 is 0 Å². The standard InChI is InChI=1S/C26H47O3P/c1-8-9-10-11-12-13-14-15-16-17-18-21-22(25(2,3)4)19-20-23(29-30(27)28)24(21)26(5,6)7/h19-20,27-28H,8-18H2,1-7H3. The lowest BCUT2D eigenvalue weighted by Gasteiger charge is -2.32. The highest BCUT2D eigenvalue weighted by atomic mass is 31.2. The molecule has 1 aromatic carbocycles. The van der Waals surface area contributed by atoms with Gasteiger partial charge >= 0.3 is 8.60 Å². The lowest BCUT2D eigenvalue weighted by Crippen LogP contribution is -2.22. The third kappa shape index (κ3) is 9.67. The second-order valence-electron chi connectivity index (χ2n) is 10.7. The van der Waals surface area contributed by atoms with Crippen LogP contribution in [0.3, 0.4) is 0 Å². The highest BCUT2D eigenvalue weighted by Crippen LogP contribution is 2.43. The smallest absolute Gasteiger partial charge is 0.391 e. The van der Waals surface area contributed by atoms with Gasteiger partial charge in [0.2, 0.25) is 0 Å². The summed E-state index contributed by atoms with van der Waals surface area (Å²) >= 11 is 0. The van der Waals surface area contributed by atoms with Crippen molar-refractivity contribution in [3.05, 3.63) is 28.8 Å². The molecule has 2 N–H and O–H groups in total. The van der Waals surface area contributed by atoms with Crippen LogP contribution in [0.1, 0.15) is 129 Å². The molecule has 0 atom stereocenters. The van der Waals surface area contributed by atoms with Crippen LogP contribution in [-0.4, -0.2) is 9.79 Å². The number of hydrogen-bond donors (Lipinski definition) is 2. The van der Waals surface area contributed by atoms with Crippen molar-refractivity contribution >= 4 is 8.60 Å². The molecular weight excluding hydrogens is 391 g/mol. The van der Waals surface area contributed by atoms with Crippen LogP contribution in [0.5, 0.6) is 5.75 Å². The predicted molar refractivity (Wildman–Crippen MR) is 131 cm³/mol. The largest absolute Gasteiger partial charge is 0.427 e. The van der Waals surface area contributed by atoms with E-state index in [4.69, 9.17) is 4.52 Å². The summed E-state index contributed by atoms with van der Waals surface area (Å²) in [5.74, 6) is 0.619. The second-order valence-corrected chi connectivity index (χ2v) is 11.4. The van der Waals surface area contributed by atoms with Crippen molar-refractivity contribution in [1.29, 1.82) is 0 Å². The molecule has 0 aliphatic rings.